The van der Waals surface area contributed by atoms with Crippen LogP contribution in [0.4, 0.5) is 0 Å². The number of benzene rings is 1. The van der Waals surface area contributed by atoms with Gasteiger partial charge >= 0.3 is 0 Å². The Morgan fingerprint density at radius 3 is 2.69 bits per heavy atom. The van der Waals surface area contributed by atoms with Crippen LogP contribution < -0.4 is 10.6 Å². The molecule has 4 rings (SSSR count). The molecule has 1 saturated carbocycles. The van der Waals surface area contributed by atoms with E-state index in [2.05, 4.69) is 49.7 Å². The number of aliphatic imine (C=N–C) groups is 1. The minimum Gasteiger partial charge on any atom is -0.373 e. The third kappa shape index (κ3) is 7.31. The van der Waals surface area contributed by atoms with Gasteiger partial charge in [-0.05, 0) is 49.7 Å². The molecule has 0 spiro atoms. The molecule has 2 aliphatic carbocycles. The van der Waals surface area contributed by atoms with Crippen molar-refractivity contribution in [2.24, 2.45) is 4.99 Å². The first-order chi connectivity index (χ1) is 15.2. The zero-order chi connectivity index (χ0) is 21.5. The van der Waals surface area contributed by atoms with E-state index in [0.29, 0.717) is 12.6 Å². The number of hydrogen-bond donors (Lipinski definition) is 2. The molecule has 0 radical (unpaired) electrons. The topological polar surface area (TPSA) is 69.2 Å². The van der Waals surface area contributed by atoms with E-state index in [-0.39, 0.29) is 36.0 Å². The number of amides is 1. The van der Waals surface area contributed by atoms with Crippen LogP contribution in [0.15, 0.2) is 29.3 Å². The van der Waals surface area contributed by atoms with E-state index in [4.69, 9.17) is 4.74 Å². The van der Waals surface area contributed by atoms with Gasteiger partial charge in [0.15, 0.2) is 5.96 Å². The van der Waals surface area contributed by atoms with Gasteiger partial charge in [-0.3, -0.25) is 14.7 Å². The van der Waals surface area contributed by atoms with Crippen molar-refractivity contribution in [2.45, 2.75) is 50.7 Å². The Morgan fingerprint density at radius 2 is 1.94 bits per heavy atom. The number of hydrogen-bond acceptors (Lipinski definition) is 4. The molecule has 2 fully saturated rings. The molecule has 1 heterocycles. The van der Waals surface area contributed by atoms with Crippen LogP contribution in [0.25, 0.3) is 0 Å². The fourth-order valence-electron chi connectivity index (χ4n) is 4.53. The van der Waals surface area contributed by atoms with E-state index in [9.17, 15) is 4.79 Å². The molecule has 8 heteroatoms. The van der Waals surface area contributed by atoms with Gasteiger partial charge in [0.2, 0.25) is 5.91 Å². The number of carbonyl (C=O) groups excluding carboxylic acids is 1. The lowest BCUT2D eigenvalue weighted by Gasteiger charge is -2.36. The quantitative estimate of drug-likeness (QED) is 0.224. The highest BCUT2D eigenvalue weighted by molar-refractivity contribution is 14.0. The number of guanidine groups is 1. The largest absolute Gasteiger partial charge is 0.373 e. The van der Waals surface area contributed by atoms with Gasteiger partial charge in [0.1, 0.15) is 0 Å². The highest BCUT2D eigenvalue weighted by Crippen LogP contribution is 2.32. The van der Waals surface area contributed by atoms with Crippen LogP contribution in [0.2, 0.25) is 0 Å². The number of piperazine rings is 1. The second-order valence-electron chi connectivity index (χ2n) is 8.88. The molecule has 0 bridgehead atoms. The number of rotatable bonds is 8. The lowest BCUT2D eigenvalue weighted by molar-refractivity contribution is -0.122. The first kappa shape index (κ1) is 25.2. The zero-order valence-corrected chi connectivity index (χ0v) is 21.6. The molecule has 1 aliphatic heterocycles. The van der Waals surface area contributed by atoms with Gasteiger partial charge < -0.3 is 20.3 Å². The summed E-state index contributed by atoms with van der Waals surface area (Å²) in [6, 6.07) is 9.13. The van der Waals surface area contributed by atoms with E-state index >= 15 is 0 Å². The van der Waals surface area contributed by atoms with Crippen LogP contribution in [-0.4, -0.2) is 80.6 Å². The fourth-order valence-corrected chi connectivity index (χ4v) is 4.53. The molecule has 7 nitrogen and oxygen atoms in total. The van der Waals surface area contributed by atoms with Crippen LogP contribution in [0.5, 0.6) is 0 Å². The van der Waals surface area contributed by atoms with Gasteiger partial charge in [0.25, 0.3) is 0 Å². The number of ether oxygens (including phenoxy) is 1. The molecule has 2 N–H and O–H groups in total. The van der Waals surface area contributed by atoms with Gasteiger partial charge in [0.05, 0.1) is 12.6 Å². The van der Waals surface area contributed by atoms with Crippen molar-refractivity contribution in [1.29, 1.82) is 0 Å². The summed E-state index contributed by atoms with van der Waals surface area (Å²) >= 11 is 0. The summed E-state index contributed by atoms with van der Waals surface area (Å²) in [5.74, 6) is 1.11. The third-order valence-electron chi connectivity index (χ3n) is 6.43. The van der Waals surface area contributed by atoms with Crippen molar-refractivity contribution in [2.75, 3.05) is 52.9 Å². The molecule has 1 aromatic rings. The Bertz CT molecular complexity index is 763. The highest BCUT2D eigenvalue weighted by atomic mass is 127. The summed E-state index contributed by atoms with van der Waals surface area (Å²) < 4.78 is 6.22. The Kier molecular flexibility index (Phi) is 10.1. The SMILES string of the molecule is CN=C(NCCCOC1CCCc2ccccc21)N1CCN(CC(=O)NC2CC2)CC1.I. The number of fused-ring (bicyclic) bond motifs is 1. The van der Waals surface area contributed by atoms with Crippen molar-refractivity contribution in [3.05, 3.63) is 35.4 Å². The number of carbonyl (C=O) groups is 1. The average Bonchev–Trinajstić information content (AvgIpc) is 3.61. The predicted molar refractivity (Wildman–Crippen MR) is 139 cm³/mol. The van der Waals surface area contributed by atoms with Crippen molar-refractivity contribution in [3.8, 4) is 0 Å². The standard InChI is InChI=1S/C24H37N5O2.HI/c1-25-24(29-15-13-28(14-16-29)18-23(30)27-20-10-11-20)26-12-5-17-31-22-9-4-7-19-6-2-3-8-21(19)22;/h2-3,6,8,20,22H,4-5,7,9-18H2,1H3,(H,25,26)(H,27,30);1H. The van der Waals surface area contributed by atoms with Crippen molar-refractivity contribution >= 4 is 35.8 Å². The second-order valence-corrected chi connectivity index (χ2v) is 8.88. The maximum Gasteiger partial charge on any atom is 0.234 e. The molecule has 1 saturated heterocycles. The van der Waals surface area contributed by atoms with Crippen LogP contribution in [0.1, 0.15) is 49.3 Å². The van der Waals surface area contributed by atoms with E-state index in [0.717, 1.165) is 71.0 Å². The minimum absolute atomic E-state index is 0. The molecule has 1 atom stereocenters. The van der Waals surface area contributed by atoms with Crippen LogP contribution in [0, 0.1) is 0 Å². The van der Waals surface area contributed by atoms with Gasteiger partial charge in [-0.1, -0.05) is 24.3 Å². The summed E-state index contributed by atoms with van der Waals surface area (Å²) in [6.07, 6.45) is 6.98. The molecule has 1 unspecified atom stereocenters. The number of nitrogens with one attached hydrogen (secondary N) is 2. The monoisotopic (exact) mass is 555 g/mol. The summed E-state index contributed by atoms with van der Waals surface area (Å²) in [5.41, 5.74) is 2.82. The van der Waals surface area contributed by atoms with Gasteiger partial charge in [-0.25, -0.2) is 0 Å². The lowest BCUT2D eigenvalue weighted by atomic mass is 9.89. The smallest absolute Gasteiger partial charge is 0.234 e. The van der Waals surface area contributed by atoms with E-state index < -0.39 is 0 Å². The number of halogens is 1. The first-order valence-electron chi connectivity index (χ1n) is 11.9. The molecule has 178 valence electrons. The Labute approximate surface area is 209 Å². The van der Waals surface area contributed by atoms with E-state index in [1.54, 1.807) is 0 Å². The first-order valence-corrected chi connectivity index (χ1v) is 11.9. The zero-order valence-electron chi connectivity index (χ0n) is 19.2. The Balaban J connectivity index is 0.00000289. The summed E-state index contributed by atoms with van der Waals surface area (Å²) in [5, 5.41) is 6.56. The van der Waals surface area contributed by atoms with Crippen molar-refractivity contribution < 1.29 is 9.53 Å². The minimum atomic E-state index is 0. The number of nitrogens with zero attached hydrogens (tertiary/aromatic N) is 3. The van der Waals surface area contributed by atoms with Gasteiger partial charge in [-0.15, -0.1) is 24.0 Å². The average molecular weight is 556 g/mol. The Morgan fingerprint density at radius 1 is 1.16 bits per heavy atom. The molecule has 0 aromatic heterocycles. The Hall–Kier alpha value is -1.39. The van der Waals surface area contributed by atoms with Crippen molar-refractivity contribution in [3.63, 3.8) is 0 Å². The summed E-state index contributed by atoms with van der Waals surface area (Å²) in [7, 11) is 1.84. The summed E-state index contributed by atoms with van der Waals surface area (Å²) in [6.45, 7) is 5.69. The maximum atomic E-state index is 12.0. The van der Waals surface area contributed by atoms with Crippen LogP contribution in [-0.2, 0) is 16.0 Å². The number of aryl methyl sites for hydroxylation is 1. The molecule has 3 aliphatic rings. The fraction of sp³-hybridized carbons (Fsp3) is 0.667. The molecular weight excluding hydrogens is 517 g/mol. The molecule has 32 heavy (non-hydrogen) atoms. The molecular formula is C24H38IN5O2. The summed E-state index contributed by atoms with van der Waals surface area (Å²) in [4.78, 5) is 21.0. The lowest BCUT2D eigenvalue weighted by Crippen LogP contribution is -2.54. The van der Waals surface area contributed by atoms with Gasteiger partial charge in [-0.2, -0.15) is 0 Å². The van der Waals surface area contributed by atoms with E-state index in [1.165, 1.54) is 24.0 Å². The van der Waals surface area contributed by atoms with Gasteiger partial charge in [0, 0.05) is 52.4 Å². The third-order valence-corrected chi connectivity index (χ3v) is 6.43. The molecule has 1 aromatic carbocycles. The highest BCUT2D eigenvalue weighted by Gasteiger charge is 2.26. The predicted octanol–water partition coefficient (Wildman–Crippen LogP) is 2.56. The van der Waals surface area contributed by atoms with Crippen LogP contribution in [0.3, 0.4) is 0 Å². The normalized spacial score (nSPS) is 21.5. The van der Waals surface area contributed by atoms with Crippen LogP contribution >= 0.6 is 24.0 Å². The second kappa shape index (κ2) is 12.7. The van der Waals surface area contributed by atoms with E-state index in [1.807, 2.05) is 7.05 Å². The van der Waals surface area contributed by atoms with Crippen molar-refractivity contribution in [1.82, 2.24) is 20.4 Å². The molecule has 1 amide bonds. The maximum absolute atomic E-state index is 12.0.